The highest BCUT2D eigenvalue weighted by Gasteiger charge is 2.50. The molecular weight excluding hydrogens is 997 g/mol. The van der Waals surface area contributed by atoms with Crippen molar-refractivity contribution in [1.29, 1.82) is 0 Å². The monoisotopic (exact) mass is 1120 g/mol. The van der Waals surface area contributed by atoms with Crippen molar-refractivity contribution in [3.63, 3.8) is 0 Å². The molecular formula is C67H120O12. The number of hydrogen-bond acceptors (Lipinski definition) is 11. The van der Waals surface area contributed by atoms with Crippen LogP contribution in [0.3, 0.4) is 0 Å². The first-order chi connectivity index (χ1) is 38.6. The van der Waals surface area contributed by atoms with E-state index in [1.54, 1.807) is 0 Å². The first-order valence-corrected chi connectivity index (χ1v) is 33.0. The third-order valence-electron chi connectivity index (χ3n) is 15.2. The molecule has 1 rings (SSSR count). The third kappa shape index (κ3) is 45.2. The average molecular weight is 1120 g/mol. The summed E-state index contributed by atoms with van der Waals surface area (Å²) in [6, 6.07) is 0. The molecule has 79 heavy (non-hydrogen) atoms. The molecule has 1 heterocycles. The van der Waals surface area contributed by atoms with Gasteiger partial charge >= 0.3 is 23.9 Å². The van der Waals surface area contributed by atoms with Crippen LogP contribution >= 0.6 is 0 Å². The number of unbranched alkanes of at least 4 members (excludes halogenated alkanes) is 37. The molecule has 12 heteroatoms. The maximum absolute atomic E-state index is 13.1. The Hall–Kier alpha value is -3.06. The van der Waals surface area contributed by atoms with E-state index in [0.717, 1.165) is 77.0 Å². The lowest BCUT2D eigenvalue weighted by atomic mass is 9.98. The first-order valence-electron chi connectivity index (χ1n) is 33.0. The molecule has 6 unspecified atom stereocenters. The average Bonchev–Trinajstić information content (AvgIpc) is 3.43. The van der Waals surface area contributed by atoms with E-state index in [4.69, 9.17) is 23.7 Å². The molecule has 0 radical (unpaired) electrons. The molecule has 1 saturated heterocycles. The fourth-order valence-electron chi connectivity index (χ4n) is 10.1. The molecule has 0 aromatic rings. The normalized spacial score (nSPS) is 18.0. The topological polar surface area (TPSA) is 175 Å². The van der Waals surface area contributed by atoms with Gasteiger partial charge < -0.3 is 39.0 Å². The van der Waals surface area contributed by atoms with Crippen LogP contribution in [0.4, 0.5) is 0 Å². The van der Waals surface area contributed by atoms with E-state index in [-0.39, 0.29) is 25.9 Å². The summed E-state index contributed by atoms with van der Waals surface area (Å²) in [7, 11) is 0. The van der Waals surface area contributed by atoms with Gasteiger partial charge in [0, 0.05) is 19.3 Å². The number of allylic oxidation sites excluding steroid dienone is 6. The number of carbonyl (C=O) groups excluding carboxylic acids is 3. The summed E-state index contributed by atoms with van der Waals surface area (Å²) in [6.45, 7) is 6.00. The molecule has 1 fully saturated rings. The van der Waals surface area contributed by atoms with Crippen molar-refractivity contribution in [2.24, 2.45) is 0 Å². The van der Waals surface area contributed by atoms with Crippen LogP contribution in [-0.4, -0.2) is 89.2 Å². The second-order valence-electron chi connectivity index (χ2n) is 22.8. The van der Waals surface area contributed by atoms with Crippen molar-refractivity contribution in [3.8, 4) is 0 Å². The van der Waals surface area contributed by atoms with Crippen LogP contribution in [0.1, 0.15) is 316 Å². The van der Waals surface area contributed by atoms with Gasteiger partial charge in [0.15, 0.2) is 24.6 Å². The predicted octanol–water partition coefficient (Wildman–Crippen LogP) is 17.6. The largest absolute Gasteiger partial charge is 0.479 e. The van der Waals surface area contributed by atoms with Gasteiger partial charge in [0.1, 0.15) is 18.8 Å². The third-order valence-corrected chi connectivity index (χ3v) is 15.2. The van der Waals surface area contributed by atoms with E-state index < -0.39 is 67.3 Å². The summed E-state index contributed by atoms with van der Waals surface area (Å²) in [6.07, 6.45) is 53.9. The van der Waals surface area contributed by atoms with Crippen LogP contribution in [0.2, 0.25) is 0 Å². The minimum atomic E-state index is -1.90. The fourth-order valence-corrected chi connectivity index (χ4v) is 10.1. The standard InChI is InChI=1S/C67H120O12/c1-4-7-10-13-16-19-22-24-26-28-30-32-34-36-39-41-44-47-50-53-59(68)75-56-58(77-60(69)54-51-48-45-42-38-21-18-15-12-9-6-3)57-76-67-65(63(72)62(71)64(79-67)66(73)74)78-61(70)55-52-49-46-43-40-37-35-33-31-29-27-25-23-20-17-14-11-8-5-2/h17,20,24-27,58,62-65,67,71-72H,4-16,18-19,21-23,28-57H2,1-3H3,(H,73,74)/b20-17-,26-24-,27-25-. The van der Waals surface area contributed by atoms with Gasteiger partial charge in [0.25, 0.3) is 0 Å². The van der Waals surface area contributed by atoms with Crippen molar-refractivity contribution >= 4 is 23.9 Å². The molecule has 3 N–H and O–H groups in total. The quantitative estimate of drug-likeness (QED) is 0.0228. The number of aliphatic hydroxyl groups is 2. The molecule has 0 amide bonds. The molecule has 1 aliphatic heterocycles. The minimum absolute atomic E-state index is 0.0590. The predicted molar refractivity (Wildman–Crippen MR) is 322 cm³/mol. The summed E-state index contributed by atoms with van der Waals surface area (Å²) < 4.78 is 28.5. The number of ether oxygens (including phenoxy) is 5. The van der Waals surface area contributed by atoms with Gasteiger partial charge in [-0.25, -0.2) is 4.79 Å². The summed E-state index contributed by atoms with van der Waals surface area (Å²) in [5.41, 5.74) is 0. The number of carboxylic acid groups (broad SMARTS) is 1. The van der Waals surface area contributed by atoms with Crippen LogP contribution in [-0.2, 0) is 42.9 Å². The van der Waals surface area contributed by atoms with Crippen molar-refractivity contribution < 1.29 is 58.2 Å². The number of aliphatic hydroxyl groups excluding tert-OH is 2. The van der Waals surface area contributed by atoms with E-state index in [9.17, 15) is 34.5 Å². The van der Waals surface area contributed by atoms with Gasteiger partial charge in [-0.15, -0.1) is 0 Å². The summed E-state index contributed by atoms with van der Waals surface area (Å²) in [5.74, 6) is -3.09. The second kappa shape index (κ2) is 55.5. The van der Waals surface area contributed by atoms with Crippen LogP contribution in [0.15, 0.2) is 36.5 Å². The Morgan fingerprint density at radius 2 is 0.759 bits per heavy atom. The number of carboxylic acids is 1. The molecule has 1 aliphatic rings. The Balaban J connectivity index is 2.60. The summed E-state index contributed by atoms with van der Waals surface area (Å²) >= 11 is 0. The number of esters is 3. The van der Waals surface area contributed by atoms with Gasteiger partial charge in [-0.1, -0.05) is 256 Å². The van der Waals surface area contributed by atoms with Crippen LogP contribution < -0.4 is 0 Å². The molecule has 460 valence electrons. The van der Waals surface area contributed by atoms with Gasteiger partial charge in [-0.05, 0) is 77.0 Å². The minimum Gasteiger partial charge on any atom is -0.479 e. The molecule has 0 spiro atoms. The van der Waals surface area contributed by atoms with Crippen molar-refractivity contribution in [3.05, 3.63) is 36.5 Å². The molecule has 0 aromatic heterocycles. The van der Waals surface area contributed by atoms with E-state index in [2.05, 4.69) is 57.2 Å². The van der Waals surface area contributed by atoms with Gasteiger partial charge in [0.2, 0.25) is 0 Å². The van der Waals surface area contributed by atoms with Gasteiger partial charge in [-0.2, -0.15) is 0 Å². The second-order valence-corrected chi connectivity index (χ2v) is 22.8. The molecule has 12 nitrogen and oxygen atoms in total. The first kappa shape index (κ1) is 74.0. The smallest absolute Gasteiger partial charge is 0.335 e. The molecule has 6 atom stereocenters. The number of carbonyl (C=O) groups is 4. The fraction of sp³-hybridized carbons (Fsp3) is 0.851. The highest BCUT2D eigenvalue weighted by atomic mass is 16.7. The van der Waals surface area contributed by atoms with Crippen LogP contribution in [0.25, 0.3) is 0 Å². The van der Waals surface area contributed by atoms with Crippen molar-refractivity contribution in [2.75, 3.05) is 13.2 Å². The summed E-state index contributed by atoms with van der Waals surface area (Å²) in [5, 5.41) is 31.6. The SMILES string of the molecule is CCCCC/C=C\C/C=C\CCCCCCCCCCCC(=O)OC1C(OCC(COC(=O)CCCCCCCCCCC/C=C\CCCCCCCC)OC(=O)CCCCCCCCCCCCC)OC(C(=O)O)C(O)C1O. The zero-order valence-corrected chi connectivity index (χ0v) is 50.9. The van der Waals surface area contributed by atoms with Crippen molar-refractivity contribution in [2.45, 2.75) is 353 Å². The molecule has 0 saturated carbocycles. The zero-order valence-electron chi connectivity index (χ0n) is 50.9. The summed E-state index contributed by atoms with van der Waals surface area (Å²) in [4.78, 5) is 51.3. The Kier molecular flexibility index (Phi) is 51.9. The lowest BCUT2D eigenvalue weighted by Crippen LogP contribution is -2.61. The van der Waals surface area contributed by atoms with E-state index in [1.807, 2.05) is 0 Å². The van der Waals surface area contributed by atoms with Crippen LogP contribution in [0, 0.1) is 0 Å². The van der Waals surface area contributed by atoms with E-state index in [1.165, 1.54) is 180 Å². The lowest BCUT2D eigenvalue weighted by Gasteiger charge is -2.40. The van der Waals surface area contributed by atoms with Crippen LogP contribution in [0.5, 0.6) is 0 Å². The van der Waals surface area contributed by atoms with E-state index in [0.29, 0.717) is 19.3 Å². The molecule has 0 bridgehead atoms. The molecule has 0 aliphatic carbocycles. The van der Waals surface area contributed by atoms with E-state index >= 15 is 0 Å². The van der Waals surface area contributed by atoms with Gasteiger partial charge in [-0.3, -0.25) is 14.4 Å². The number of rotatable bonds is 57. The lowest BCUT2D eigenvalue weighted by molar-refractivity contribution is -0.301. The zero-order chi connectivity index (χ0) is 57.5. The Morgan fingerprint density at radius 3 is 1.18 bits per heavy atom. The highest BCUT2D eigenvalue weighted by Crippen LogP contribution is 2.27. The maximum Gasteiger partial charge on any atom is 0.335 e. The Morgan fingerprint density at radius 1 is 0.418 bits per heavy atom. The van der Waals surface area contributed by atoms with Gasteiger partial charge in [0.05, 0.1) is 6.61 Å². The molecule has 0 aromatic carbocycles. The Labute approximate surface area is 482 Å². The Bertz CT molecular complexity index is 1510. The maximum atomic E-state index is 13.1. The van der Waals surface area contributed by atoms with Crippen molar-refractivity contribution in [1.82, 2.24) is 0 Å². The highest BCUT2D eigenvalue weighted by molar-refractivity contribution is 5.74. The number of hydrogen-bond donors (Lipinski definition) is 3. The number of aliphatic carboxylic acids is 1.